The zero-order valence-electron chi connectivity index (χ0n) is 11.9. The number of rotatable bonds is 6. The van der Waals surface area contributed by atoms with Gasteiger partial charge in [0.25, 0.3) is 0 Å². The predicted octanol–water partition coefficient (Wildman–Crippen LogP) is 1.93. The van der Waals surface area contributed by atoms with Gasteiger partial charge in [0.2, 0.25) is 6.17 Å². The van der Waals surface area contributed by atoms with Crippen LogP contribution in [-0.2, 0) is 16.1 Å². The first-order valence-corrected chi connectivity index (χ1v) is 6.66. The van der Waals surface area contributed by atoms with Gasteiger partial charge >= 0.3 is 0 Å². The summed E-state index contributed by atoms with van der Waals surface area (Å²) in [5.41, 5.74) is 1.14. The minimum atomic E-state index is -0.250. The predicted molar refractivity (Wildman–Crippen MR) is 77.0 cm³/mol. The summed E-state index contributed by atoms with van der Waals surface area (Å²) < 4.78 is 12.0. The van der Waals surface area contributed by atoms with Gasteiger partial charge in [-0.2, -0.15) is 4.74 Å². The molecular weight excluding hydrogens is 256 g/mol. The summed E-state index contributed by atoms with van der Waals surface area (Å²) in [6.07, 6.45) is 2.90. The van der Waals surface area contributed by atoms with Crippen molar-refractivity contribution in [3.63, 3.8) is 0 Å². The van der Waals surface area contributed by atoms with E-state index in [-0.39, 0.29) is 6.17 Å². The Balaban J connectivity index is 1.69. The quantitative estimate of drug-likeness (QED) is 0.452. The Hall–Kier alpha value is -2.01. The average molecular weight is 276 g/mol. The maximum absolute atomic E-state index is 11.4. The van der Waals surface area contributed by atoms with Gasteiger partial charge in [0.1, 0.15) is 6.61 Å². The Labute approximate surface area is 119 Å². The molecule has 1 aromatic rings. The van der Waals surface area contributed by atoms with Gasteiger partial charge in [-0.1, -0.05) is 30.3 Å². The molecule has 0 aromatic heterocycles. The van der Waals surface area contributed by atoms with Crippen LogP contribution >= 0.6 is 0 Å². The van der Waals surface area contributed by atoms with Crippen molar-refractivity contribution in [1.82, 2.24) is 4.90 Å². The first kappa shape index (κ1) is 14.4. The van der Waals surface area contributed by atoms with E-state index in [1.807, 2.05) is 44.3 Å². The molecule has 0 saturated carbocycles. The normalized spacial score (nSPS) is 18.5. The molecule has 20 heavy (non-hydrogen) atoms. The van der Waals surface area contributed by atoms with E-state index in [1.54, 1.807) is 11.0 Å². The molecule has 0 N–H and O–H groups in total. The fraction of sp³-hybridized carbons (Fsp3) is 0.400. The van der Waals surface area contributed by atoms with Gasteiger partial charge in [-0.25, -0.2) is 0 Å². The molecular formula is C15H20N2O3. The fourth-order valence-corrected chi connectivity index (χ4v) is 1.85. The van der Waals surface area contributed by atoms with E-state index in [4.69, 9.17) is 9.47 Å². The minimum absolute atomic E-state index is 0.250. The molecule has 5 nitrogen and oxygen atoms in total. The molecule has 1 aliphatic heterocycles. The molecule has 5 heteroatoms. The molecule has 0 saturated heterocycles. The molecule has 1 atom stereocenters. The van der Waals surface area contributed by atoms with E-state index >= 15 is 0 Å². The summed E-state index contributed by atoms with van der Waals surface area (Å²) in [4.78, 5) is 1.80. The van der Waals surface area contributed by atoms with Crippen molar-refractivity contribution in [2.24, 2.45) is 0 Å². The van der Waals surface area contributed by atoms with E-state index in [1.165, 1.54) is 6.21 Å². The number of hydrogen-bond donors (Lipinski definition) is 0. The zero-order valence-corrected chi connectivity index (χ0v) is 11.9. The van der Waals surface area contributed by atoms with Gasteiger partial charge in [-0.15, -0.1) is 0 Å². The summed E-state index contributed by atoms with van der Waals surface area (Å²) in [6, 6.07) is 10.0. The van der Waals surface area contributed by atoms with Crippen molar-refractivity contribution in [3.05, 3.63) is 53.1 Å². The topological polar surface area (TPSA) is 47.8 Å². The minimum Gasteiger partial charge on any atom is -0.622 e. The first-order valence-electron chi connectivity index (χ1n) is 6.66. The van der Waals surface area contributed by atoms with Crippen molar-refractivity contribution < 1.29 is 14.2 Å². The van der Waals surface area contributed by atoms with Crippen LogP contribution in [0.1, 0.15) is 12.5 Å². The summed E-state index contributed by atoms with van der Waals surface area (Å²) >= 11 is 0. The molecule has 2 rings (SSSR count). The third-order valence-electron chi connectivity index (χ3n) is 3.23. The lowest BCUT2D eigenvalue weighted by atomic mass is 10.2. The number of hydrogen-bond acceptors (Lipinski definition) is 4. The van der Waals surface area contributed by atoms with Crippen LogP contribution in [0.4, 0.5) is 0 Å². The summed E-state index contributed by atoms with van der Waals surface area (Å²) in [5.74, 6) is 0.688. The van der Waals surface area contributed by atoms with Crippen LogP contribution in [-0.4, -0.2) is 42.3 Å². The fourth-order valence-electron chi connectivity index (χ4n) is 1.85. The van der Waals surface area contributed by atoms with Gasteiger partial charge in [-0.05, 0) is 5.56 Å². The van der Waals surface area contributed by atoms with E-state index in [0.717, 1.165) is 10.3 Å². The molecule has 108 valence electrons. The van der Waals surface area contributed by atoms with Crippen LogP contribution in [0.2, 0.25) is 0 Å². The third kappa shape index (κ3) is 3.74. The van der Waals surface area contributed by atoms with Gasteiger partial charge in [-0.3, -0.25) is 4.90 Å². The van der Waals surface area contributed by atoms with E-state index < -0.39 is 0 Å². The molecule has 1 heterocycles. The monoisotopic (exact) mass is 276 g/mol. The van der Waals surface area contributed by atoms with Crippen LogP contribution in [0.5, 0.6) is 0 Å². The lowest BCUT2D eigenvalue weighted by molar-refractivity contribution is -0.521. The highest BCUT2D eigenvalue weighted by Crippen LogP contribution is 2.12. The summed E-state index contributed by atoms with van der Waals surface area (Å²) in [6.45, 7) is 3.37. The van der Waals surface area contributed by atoms with Gasteiger partial charge < -0.3 is 14.7 Å². The number of ether oxygens (including phenoxy) is 2. The van der Waals surface area contributed by atoms with Gasteiger partial charge in [0.05, 0.1) is 19.3 Å². The molecule has 1 aliphatic rings. The van der Waals surface area contributed by atoms with Crippen molar-refractivity contribution in [3.8, 4) is 0 Å². The molecule has 0 spiro atoms. The van der Waals surface area contributed by atoms with Gasteiger partial charge in [0, 0.05) is 14.0 Å². The smallest absolute Gasteiger partial charge is 0.237 e. The van der Waals surface area contributed by atoms with E-state index in [2.05, 4.69) is 0 Å². The molecule has 0 bridgehead atoms. The van der Waals surface area contributed by atoms with Crippen LogP contribution in [0, 0.1) is 5.21 Å². The second-order valence-electron chi connectivity index (χ2n) is 4.64. The van der Waals surface area contributed by atoms with E-state index in [9.17, 15) is 5.21 Å². The zero-order chi connectivity index (χ0) is 14.4. The number of hydroxylamine groups is 1. The van der Waals surface area contributed by atoms with Crippen LogP contribution in [0.25, 0.3) is 0 Å². The standard InChI is InChI=1S/C15H20N2O3/c1-13-16(2)15(8-9-17(13)18)20-11-10-19-12-14-6-4-3-5-7-14/h3-9,13H,10-12H2,1-2H3. The Morgan fingerprint density at radius 1 is 1.25 bits per heavy atom. The van der Waals surface area contributed by atoms with Crippen molar-refractivity contribution in [1.29, 1.82) is 0 Å². The summed E-state index contributed by atoms with van der Waals surface area (Å²) in [7, 11) is 1.83. The second kappa shape index (κ2) is 6.96. The maximum atomic E-state index is 11.4. The average Bonchev–Trinajstić information content (AvgIpc) is 2.48. The highest BCUT2D eigenvalue weighted by molar-refractivity contribution is 5.67. The second-order valence-corrected chi connectivity index (χ2v) is 4.64. The Bertz CT molecular complexity index is 485. The highest BCUT2D eigenvalue weighted by Gasteiger charge is 2.22. The third-order valence-corrected chi connectivity index (χ3v) is 3.23. The SMILES string of the molecule is CC1N(C)C(OCCOCc2ccccc2)=CC=[N+]1[O-]. The number of allylic oxidation sites excluding steroid dienone is 1. The number of nitrogens with zero attached hydrogens (tertiary/aromatic N) is 2. The maximum Gasteiger partial charge on any atom is 0.237 e. The molecule has 0 aliphatic carbocycles. The van der Waals surface area contributed by atoms with Crippen LogP contribution < -0.4 is 0 Å². The van der Waals surface area contributed by atoms with Crippen molar-refractivity contribution >= 4 is 6.21 Å². The van der Waals surface area contributed by atoms with Crippen LogP contribution in [0.3, 0.4) is 0 Å². The van der Waals surface area contributed by atoms with Crippen molar-refractivity contribution in [2.75, 3.05) is 20.3 Å². The molecule has 1 unspecified atom stereocenters. The van der Waals surface area contributed by atoms with Gasteiger partial charge in [0.15, 0.2) is 12.1 Å². The first-order chi connectivity index (χ1) is 9.68. The highest BCUT2D eigenvalue weighted by atomic mass is 16.5. The lowest BCUT2D eigenvalue weighted by Gasteiger charge is -2.29. The lowest BCUT2D eigenvalue weighted by Crippen LogP contribution is -2.40. The molecule has 0 radical (unpaired) electrons. The Kier molecular flexibility index (Phi) is 5.01. The number of benzene rings is 1. The van der Waals surface area contributed by atoms with Crippen LogP contribution in [0.15, 0.2) is 42.3 Å². The van der Waals surface area contributed by atoms with Crippen molar-refractivity contribution in [2.45, 2.75) is 19.7 Å². The Morgan fingerprint density at radius 3 is 2.75 bits per heavy atom. The summed E-state index contributed by atoms with van der Waals surface area (Å²) in [5, 5.41) is 11.4. The molecule has 1 aromatic carbocycles. The molecule has 0 amide bonds. The molecule has 0 fully saturated rings. The Morgan fingerprint density at radius 2 is 2.00 bits per heavy atom. The largest absolute Gasteiger partial charge is 0.622 e. The van der Waals surface area contributed by atoms with E-state index in [0.29, 0.717) is 25.7 Å².